The normalized spacial score (nSPS) is 16.7. The highest BCUT2D eigenvalue weighted by atomic mass is 79.9. The van der Waals surface area contributed by atoms with Crippen molar-refractivity contribution in [2.75, 3.05) is 0 Å². The van der Waals surface area contributed by atoms with E-state index in [1.807, 2.05) is 6.07 Å². The van der Waals surface area contributed by atoms with Crippen molar-refractivity contribution in [2.24, 2.45) is 0 Å². The third-order valence-electron chi connectivity index (χ3n) is 2.41. The minimum absolute atomic E-state index is 0.672. The number of hydrogen-bond acceptors (Lipinski definition) is 1. The second kappa shape index (κ2) is 2.58. The van der Waals surface area contributed by atoms with Crippen LogP contribution in [0, 0.1) is 0 Å². The van der Waals surface area contributed by atoms with E-state index in [-0.39, 0.29) is 0 Å². The van der Waals surface area contributed by atoms with E-state index < -0.39 is 0 Å². The first kappa shape index (κ1) is 7.56. The van der Waals surface area contributed by atoms with Crippen LogP contribution in [-0.4, -0.2) is 9.78 Å². The van der Waals surface area contributed by atoms with Crippen molar-refractivity contribution in [1.29, 1.82) is 0 Å². The molecule has 3 heteroatoms. The summed E-state index contributed by atoms with van der Waals surface area (Å²) in [6, 6.07) is 6.87. The first-order chi connectivity index (χ1) is 6.33. The molecule has 13 heavy (non-hydrogen) atoms. The number of nitrogens with zero attached hydrogens (tertiary/aromatic N) is 2. The molecule has 0 N–H and O–H groups in total. The Hall–Kier alpha value is -0.830. The van der Waals surface area contributed by atoms with Crippen molar-refractivity contribution in [1.82, 2.24) is 9.78 Å². The molecule has 2 nitrogen and oxygen atoms in total. The van der Waals surface area contributed by atoms with Crippen molar-refractivity contribution in [2.45, 2.75) is 18.9 Å². The second-order valence-electron chi connectivity index (χ2n) is 3.54. The number of fused-ring (bicyclic) bond motifs is 1. The summed E-state index contributed by atoms with van der Waals surface area (Å²) in [6.45, 7) is 0. The highest BCUT2D eigenvalue weighted by Gasteiger charge is 2.24. The topological polar surface area (TPSA) is 17.8 Å². The third kappa shape index (κ3) is 1.27. The van der Waals surface area contributed by atoms with Gasteiger partial charge in [0.15, 0.2) is 0 Å². The van der Waals surface area contributed by atoms with Gasteiger partial charge in [-0.3, -0.25) is 4.68 Å². The predicted molar refractivity (Wildman–Crippen MR) is 55.7 cm³/mol. The lowest BCUT2D eigenvalue weighted by Crippen LogP contribution is -1.92. The van der Waals surface area contributed by atoms with Gasteiger partial charge in [-0.05, 0) is 31.0 Å². The molecule has 0 atom stereocenters. The highest BCUT2D eigenvalue weighted by molar-refractivity contribution is 9.10. The summed E-state index contributed by atoms with van der Waals surface area (Å²) in [5, 5.41) is 5.74. The van der Waals surface area contributed by atoms with E-state index in [0.717, 1.165) is 9.99 Å². The van der Waals surface area contributed by atoms with E-state index in [4.69, 9.17) is 0 Å². The summed E-state index contributed by atoms with van der Waals surface area (Å²) in [7, 11) is 0. The molecule has 1 aromatic heterocycles. The molecule has 2 aromatic rings. The maximum absolute atomic E-state index is 4.51. The molecule has 0 spiro atoms. The van der Waals surface area contributed by atoms with Crippen molar-refractivity contribution in [3.63, 3.8) is 0 Å². The molecule has 1 saturated carbocycles. The largest absolute Gasteiger partial charge is 0.268 e. The van der Waals surface area contributed by atoms with Crippen LogP contribution in [0.4, 0.5) is 0 Å². The molecule has 1 heterocycles. The molecule has 1 aliphatic carbocycles. The van der Waals surface area contributed by atoms with Crippen LogP contribution in [0.3, 0.4) is 0 Å². The van der Waals surface area contributed by atoms with Crippen LogP contribution in [0.5, 0.6) is 0 Å². The summed E-state index contributed by atoms with van der Waals surface area (Å²) in [5.41, 5.74) is 1.09. The predicted octanol–water partition coefficient (Wildman–Crippen LogP) is 3.13. The van der Waals surface area contributed by atoms with Crippen LogP contribution in [0.15, 0.2) is 28.9 Å². The SMILES string of the molecule is Brc1ccc2nn(C3CC3)cc2c1. The van der Waals surface area contributed by atoms with Gasteiger partial charge in [-0.2, -0.15) is 5.10 Å². The van der Waals surface area contributed by atoms with Crippen LogP contribution in [0.25, 0.3) is 10.9 Å². The third-order valence-corrected chi connectivity index (χ3v) is 2.90. The number of halogens is 1. The molecular weight excluding hydrogens is 228 g/mol. The fourth-order valence-corrected chi connectivity index (χ4v) is 1.92. The lowest BCUT2D eigenvalue weighted by Gasteiger charge is -1.91. The fourth-order valence-electron chi connectivity index (χ4n) is 1.54. The number of benzene rings is 1. The first-order valence-electron chi connectivity index (χ1n) is 4.47. The minimum atomic E-state index is 0.672. The van der Waals surface area contributed by atoms with Crippen LogP contribution < -0.4 is 0 Å². The average Bonchev–Trinajstić information content (AvgIpc) is 2.87. The van der Waals surface area contributed by atoms with E-state index in [2.05, 4.69) is 44.0 Å². The van der Waals surface area contributed by atoms with Gasteiger partial charge in [0.1, 0.15) is 0 Å². The van der Waals surface area contributed by atoms with Crippen molar-refractivity contribution >= 4 is 26.8 Å². The summed E-state index contributed by atoms with van der Waals surface area (Å²) in [5.74, 6) is 0. The molecule has 0 aliphatic heterocycles. The van der Waals surface area contributed by atoms with Crippen molar-refractivity contribution in [3.05, 3.63) is 28.9 Å². The molecule has 3 rings (SSSR count). The number of aromatic nitrogens is 2. The summed E-state index contributed by atoms with van der Waals surface area (Å²) in [6.07, 6.45) is 4.71. The quantitative estimate of drug-likeness (QED) is 0.744. The van der Waals surface area contributed by atoms with Crippen LogP contribution in [0.2, 0.25) is 0 Å². The summed E-state index contributed by atoms with van der Waals surface area (Å²) in [4.78, 5) is 0. The van der Waals surface area contributed by atoms with Gasteiger partial charge in [0.25, 0.3) is 0 Å². The minimum Gasteiger partial charge on any atom is -0.268 e. The zero-order valence-electron chi connectivity index (χ0n) is 7.07. The van der Waals surface area contributed by atoms with Crippen LogP contribution in [0.1, 0.15) is 18.9 Å². The molecular formula is C10H9BrN2. The Balaban J connectivity index is 2.20. The van der Waals surface area contributed by atoms with Gasteiger partial charge in [-0.15, -0.1) is 0 Å². The lowest BCUT2D eigenvalue weighted by atomic mass is 10.3. The van der Waals surface area contributed by atoms with Crippen molar-refractivity contribution in [3.8, 4) is 0 Å². The van der Waals surface area contributed by atoms with E-state index in [9.17, 15) is 0 Å². The van der Waals surface area contributed by atoms with Gasteiger partial charge in [-0.25, -0.2) is 0 Å². The van der Waals surface area contributed by atoms with Gasteiger partial charge < -0.3 is 0 Å². The Morgan fingerprint density at radius 1 is 1.38 bits per heavy atom. The fraction of sp³-hybridized carbons (Fsp3) is 0.300. The Morgan fingerprint density at radius 2 is 2.23 bits per heavy atom. The lowest BCUT2D eigenvalue weighted by molar-refractivity contribution is 0.649. The Bertz CT molecular complexity index is 457. The molecule has 0 unspecified atom stereocenters. The molecule has 1 aliphatic rings. The van der Waals surface area contributed by atoms with Crippen molar-refractivity contribution < 1.29 is 0 Å². The first-order valence-corrected chi connectivity index (χ1v) is 5.27. The Kier molecular flexibility index (Phi) is 1.50. The Morgan fingerprint density at radius 3 is 3.00 bits per heavy atom. The molecule has 0 radical (unpaired) electrons. The summed E-state index contributed by atoms with van der Waals surface area (Å²) < 4.78 is 3.22. The standard InChI is InChI=1S/C10H9BrN2/c11-8-1-4-10-7(5-8)6-13(12-10)9-2-3-9/h1,4-6,9H,2-3H2. The molecule has 0 bridgehead atoms. The van der Waals surface area contributed by atoms with Gasteiger partial charge >= 0.3 is 0 Å². The molecule has 1 fully saturated rings. The van der Waals surface area contributed by atoms with Gasteiger partial charge in [-0.1, -0.05) is 15.9 Å². The molecule has 0 saturated heterocycles. The average molecular weight is 237 g/mol. The van der Waals surface area contributed by atoms with Crippen LogP contribution in [-0.2, 0) is 0 Å². The maximum Gasteiger partial charge on any atom is 0.0924 e. The molecule has 1 aromatic carbocycles. The van der Waals surface area contributed by atoms with Gasteiger partial charge in [0.05, 0.1) is 11.6 Å². The Labute approximate surface area is 84.7 Å². The monoisotopic (exact) mass is 236 g/mol. The smallest absolute Gasteiger partial charge is 0.0924 e. The van der Waals surface area contributed by atoms with E-state index in [0.29, 0.717) is 6.04 Å². The molecule has 66 valence electrons. The highest BCUT2D eigenvalue weighted by Crippen LogP contribution is 2.35. The zero-order valence-corrected chi connectivity index (χ0v) is 8.66. The number of hydrogen-bond donors (Lipinski definition) is 0. The van der Waals surface area contributed by atoms with Gasteiger partial charge in [0.2, 0.25) is 0 Å². The zero-order chi connectivity index (χ0) is 8.84. The van der Waals surface area contributed by atoms with E-state index in [1.54, 1.807) is 0 Å². The maximum atomic E-state index is 4.51. The van der Waals surface area contributed by atoms with Crippen LogP contribution >= 0.6 is 15.9 Å². The molecule has 0 amide bonds. The summed E-state index contributed by atoms with van der Waals surface area (Å²) >= 11 is 3.46. The second-order valence-corrected chi connectivity index (χ2v) is 4.46. The van der Waals surface area contributed by atoms with Gasteiger partial charge in [0, 0.05) is 16.1 Å². The van der Waals surface area contributed by atoms with E-state index in [1.165, 1.54) is 18.2 Å². The van der Waals surface area contributed by atoms with E-state index >= 15 is 0 Å². The number of rotatable bonds is 1.